The number of hydrogen-bond acceptors (Lipinski definition) is 5. The van der Waals surface area contributed by atoms with Gasteiger partial charge in [0.2, 0.25) is 0 Å². The molecule has 2 aliphatic heterocycles. The van der Waals surface area contributed by atoms with Crippen LogP contribution in [0.2, 0.25) is 0 Å². The van der Waals surface area contributed by atoms with Crippen LogP contribution >= 0.6 is 0 Å². The van der Waals surface area contributed by atoms with Gasteiger partial charge in [-0.1, -0.05) is 11.6 Å². The highest BCUT2D eigenvalue weighted by molar-refractivity contribution is 5.85. The summed E-state index contributed by atoms with van der Waals surface area (Å²) in [5.41, 5.74) is 4.92. The van der Waals surface area contributed by atoms with E-state index in [1.807, 2.05) is 19.1 Å². The van der Waals surface area contributed by atoms with E-state index in [1.54, 1.807) is 18.3 Å². The van der Waals surface area contributed by atoms with Gasteiger partial charge < -0.3 is 14.4 Å². The lowest BCUT2D eigenvalue weighted by molar-refractivity contribution is -0.143. The van der Waals surface area contributed by atoms with Crippen molar-refractivity contribution in [3.63, 3.8) is 0 Å². The van der Waals surface area contributed by atoms with E-state index in [2.05, 4.69) is 9.88 Å². The zero-order chi connectivity index (χ0) is 20.2. The Labute approximate surface area is 170 Å². The molecule has 1 fully saturated rings. The molecule has 0 aliphatic carbocycles. The third-order valence-electron chi connectivity index (χ3n) is 5.47. The predicted octanol–water partition coefficient (Wildman–Crippen LogP) is 3.96. The van der Waals surface area contributed by atoms with Crippen LogP contribution in [0.25, 0.3) is 5.57 Å². The Morgan fingerprint density at radius 3 is 2.90 bits per heavy atom. The molecule has 0 spiro atoms. The van der Waals surface area contributed by atoms with Gasteiger partial charge in [-0.25, -0.2) is 4.39 Å². The number of carbonyl (C=O) groups excluding carboxylic acids is 1. The molecule has 0 bridgehead atoms. The number of aromatic nitrogens is 1. The smallest absolute Gasteiger partial charge is 0.307 e. The van der Waals surface area contributed by atoms with E-state index < -0.39 is 0 Å². The quantitative estimate of drug-likeness (QED) is 0.732. The summed E-state index contributed by atoms with van der Waals surface area (Å²) >= 11 is 0. The molecule has 152 valence electrons. The zero-order valence-corrected chi connectivity index (χ0v) is 16.6. The van der Waals surface area contributed by atoms with Gasteiger partial charge in [0.25, 0.3) is 0 Å². The number of fused-ring (bicyclic) bond motifs is 2. The summed E-state index contributed by atoms with van der Waals surface area (Å²) in [5.74, 6) is 0.258. The molecular formula is C23H25FN2O3. The maximum Gasteiger partial charge on any atom is 0.307 e. The fourth-order valence-corrected chi connectivity index (χ4v) is 4.02. The predicted molar refractivity (Wildman–Crippen MR) is 108 cm³/mol. The SMILES string of the molecule is CCOC(=O)CCN1CCC(=C2c3cc(F)ccc3OCc3cccnc32)CC1. The molecule has 6 heteroatoms. The Morgan fingerprint density at radius 2 is 2.10 bits per heavy atom. The second-order valence-corrected chi connectivity index (χ2v) is 7.32. The monoisotopic (exact) mass is 396 g/mol. The van der Waals surface area contributed by atoms with Gasteiger partial charge in [-0.2, -0.15) is 0 Å². The number of esters is 1. The molecule has 2 aromatic rings. The molecule has 3 heterocycles. The lowest BCUT2D eigenvalue weighted by Crippen LogP contribution is -2.33. The number of hydrogen-bond donors (Lipinski definition) is 0. The first-order valence-electron chi connectivity index (χ1n) is 10.1. The molecule has 29 heavy (non-hydrogen) atoms. The minimum absolute atomic E-state index is 0.153. The van der Waals surface area contributed by atoms with Gasteiger partial charge in [0.1, 0.15) is 18.2 Å². The number of rotatable bonds is 4. The fourth-order valence-electron chi connectivity index (χ4n) is 4.02. The third-order valence-corrected chi connectivity index (χ3v) is 5.47. The van der Waals surface area contributed by atoms with Crippen LogP contribution in [-0.4, -0.2) is 42.1 Å². The zero-order valence-electron chi connectivity index (χ0n) is 16.6. The molecule has 0 atom stereocenters. The van der Waals surface area contributed by atoms with Crippen LogP contribution in [0.5, 0.6) is 5.75 Å². The van der Waals surface area contributed by atoms with Crippen LogP contribution in [0.15, 0.2) is 42.1 Å². The van der Waals surface area contributed by atoms with Crippen molar-refractivity contribution in [2.45, 2.75) is 32.8 Å². The maximum absolute atomic E-state index is 14.1. The summed E-state index contributed by atoms with van der Waals surface area (Å²) in [6, 6.07) is 8.60. The van der Waals surface area contributed by atoms with E-state index >= 15 is 0 Å². The number of benzene rings is 1. The van der Waals surface area contributed by atoms with Crippen molar-refractivity contribution in [1.29, 1.82) is 0 Å². The van der Waals surface area contributed by atoms with Crippen molar-refractivity contribution in [2.75, 3.05) is 26.2 Å². The highest BCUT2D eigenvalue weighted by atomic mass is 19.1. The molecule has 0 radical (unpaired) electrons. The van der Waals surface area contributed by atoms with Crippen LogP contribution in [0.1, 0.15) is 43.0 Å². The fraction of sp³-hybridized carbons (Fsp3) is 0.391. The topological polar surface area (TPSA) is 51.7 Å². The summed E-state index contributed by atoms with van der Waals surface area (Å²) in [4.78, 5) is 18.5. The summed E-state index contributed by atoms with van der Waals surface area (Å²) in [6.07, 6.45) is 3.89. The minimum atomic E-state index is -0.281. The Morgan fingerprint density at radius 1 is 1.28 bits per heavy atom. The van der Waals surface area contributed by atoms with Gasteiger partial charge in [-0.15, -0.1) is 0 Å². The van der Waals surface area contributed by atoms with Crippen molar-refractivity contribution in [2.24, 2.45) is 0 Å². The van der Waals surface area contributed by atoms with Crippen molar-refractivity contribution < 1.29 is 18.7 Å². The highest BCUT2D eigenvalue weighted by Gasteiger charge is 2.26. The van der Waals surface area contributed by atoms with E-state index in [0.717, 1.165) is 48.3 Å². The summed E-state index contributed by atoms with van der Waals surface area (Å²) in [7, 11) is 0. The molecule has 0 amide bonds. The number of likely N-dealkylation sites (tertiary alicyclic amines) is 1. The number of pyridine rings is 1. The molecule has 1 saturated heterocycles. The van der Waals surface area contributed by atoms with E-state index in [9.17, 15) is 9.18 Å². The highest BCUT2D eigenvalue weighted by Crippen LogP contribution is 2.40. The van der Waals surface area contributed by atoms with Crippen LogP contribution < -0.4 is 4.74 Å². The third kappa shape index (κ3) is 4.32. The lowest BCUT2D eigenvalue weighted by Gasteiger charge is -2.29. The number of nitrogens with zero attached hydrogens (tertiary/aromatic N) is 2. The van der Waals surface area contributed by atoms with Gasteiger partial charge in [0.15, 0.2) is 0 Å². The summed E-state index contributed by atoms with van der Waals surface area (Å²) in [5, 5.41) is 0. The van der Waals surface area contributed by atoms with E-state index in [4.69, 9.17) is 9.47 Å². The largest absolute Gasteiger partial charge is 0.488 e. The number of halogens is 1. The first-order chi connectivity index (χ1) is 14.2. The van der Waals surface area contributed by atoms with Crippen molar-refractivity contribution in [3.05, 3.63) is 64.7 Å². The first kappa shape index (κ1) is 19.6. The van der Waals surface area contributed by atoms with Gasteiger partial charge in [-0.05, 0) is 44.0 Å². The molecule has 0 N–H and O–H groups in total. The summed E-state index contributed by atoms with van der Waals surface area (Å²) in [6.45, 7) is 5.06. The first-order valence-corrected chi connectivity index (χ1v) is 10.1. The van der Waals surface area contributed by atoms with Crippen LogP contribution in [0.3, 0.4) is 0 Å². The van der Waals surface area contributed by atoms with E-state index in [1.165, 1.54) is 11.6 Å². The van der Waals surface area contributed by atoms with Crippen molar-refractivity contribution in [3.8, 4) is 5.75 Å². The van der Waals surface area contributed by atoms with E-state index in [0.29, 0.717) is 31.9 Å². The summed E-state index contributed by atoms with van der Waals surface area (Å²) < 4.78 is 25.1. The lowest BCUT2D eigenvalue weighted by atomic mass is 9.89. The van der Waals surface area contributed by atoms with Crippen molar-refractivity contribution in [1.82, 2.24) is 9.88 Å². The normalized spacial score (nSPS) is 16.5. The number of ether oxygens (including phenoxy) is 2. The maximum atomic E-state index is 14.1. The molecule has 4 rings (SSSR count). The van der Waals surface area contributed by atoms with E-state index in [-0.39, 0.29) is 11.8 Å². The molecule has 5 nitrogen and oxygen atoms in total. The average Bonchev–Trinajstić information content (AvgIpc) is 2.89. The van der Waals surface area contributed by atoms with Gasteiger partial charge >= 0.3 is 5.97 Å². The molecular weight excluding hydrogens is 371 g/mol. The standard InChI is InChI=1S/C23H25FN2O3/c1-2-28-21(27)9-13-26-11-7-16(8-12-26)22-19-14-18(24)5-6-20(19)29-15-17-4-3-10-25-23(17)22/h3-6,10,14H,2,7-9,11-13,15H2,1H3. The van der Waals surface area contributed by atoms with Crippen LogP contribution in [0, 0.1) is 5.82 Å². The molecule has 1 aromatic carbocycles. The second kappa shape index (κ2) is 8.74. The number of piperidine rings is 1. The minimum Gasteiger partial charge on any atom is -0.488 e. The van der Waals surface area contributed by atoms with Crippen LogP contribution in [0.4, 0.5) is 4.39 Å². The Kier molecular flexibility index (Phi) is 5.90. The van der Waals surface area contributed by atoms with Crippen molar-refractivity contribution >= 4 is 11.5 Å². The Hall–Kier alpha value is -2.73. The molecule has 0 saturated carbocycles. The molecule has 1 aromatic heterocycles. The van der Waals surface area contributed by atoms with Gasteiger partial charge in [-0.3, -0.25) is 9.78 Å². The Balaban J connectivity index is 1.62. The molecule has 2 aliphatic rings. The second-order valence-electron chi connectivity index (χ2n) is 7.32. The van der Waals surface area contributed by atoms with Gasteiger partial charge in [0, 0.05) is 42.5 Å². The number of carbonyl (C=O) groups is 1. The molecule has 0 unspecified atom stereocenters. The average molecular weight is 396 g/mol. The van der Waals surface area contributed by atoms with Gasteiger partial charge in [0.05, 0.1) is 18.7 Å². The van der Waals surface area contributed by atoms with Crippen LogP contribution in [-0.2, 0) is 16.1 Å². The Bertz CT molecular complexity index is 931.